The van der Waals surface area contributed by atoms with E-state index >= 15 is 0 Å². The second kappa shape index (κ2) is 3.84. The third-order valence-corrected chi connectivity index (χ3v) is 3.71. The molecule has 0 amide bonds. The minimum absolute atomic E-state index is 0.0996. The summed E-state index contributed by atoms with van der Waals surface area (Å²) >= 11 is 0. The zero-order chi connectivity index (χ0) is 10.9. The fourth-order valence-electron chi connectivity index (χ4n) is 2.46. The predicted molar refractivity (Wildman–Crippen MR) is 55.9 cm³/mol. The predicted octanol–water partition coefficient (Wildman–Crippen LogP) is 2.46. The van der Waals surface area contributed by atoms with Gasteiger partial charge in [0.1, 0.15) is 12.1 Å². The fraction of sp³-hybridized carbons (Fsp3) is 0.833. The number of aldehydes is 1. The number of Topliss-reactive ketones (excluding diaryl/α,β-unsaturated/α-hetero) is 1. The third kappa shape index (κ3) is 1.51. The standard InChI is InChI=1S/C12H20O2/c1-8(2)10-5-6-12(7-13,9(3)4)11(10)14/h7-10H,5-6H2,1-4H3. The smallest absolute Gasteiger partial charge is 0.149 e. The monoisotopic (exact) mass is 196 g/mol. The largest absolute Gasteiger partial charge is 0.302 e. The molecule has 2 atom stereocenters. The van der Waals surface area contributed by atoms with E-state index in [1.165, 1.54) is 0 Å². The highest BCUT2D eigenvalue weighted by molar-refractivity contribution is 6.01. The molecule has 0 aromatic carbocycles. The van der Waals surface area contributed by atoms with E-state index in [2.05, 4.69) is 13.8 Å². The molecule has 0 heterocycles. The van der Waals surface area contributed by atoms with Crippen molar-refractivity contribution >= 4 is 12.1 Å². The molecule has 0 aromatic rings. The Morgan fingerprint density at radius 2 is 1.93 bits per heavy atom. The van der Waals surface area contributed by atoms with Gasteiger partial charge in [-0.1, -0.05) is 27.7 Å². The van der Waals surface area contributed by atoms with E-state index in [-0.39, 0.29) is 17.6 Å². The minimum Gasteiger partial charge on any atom is -0.302 e. The molecule has 1 saturated carbocycles. The lowest BCUT2D eigenvalue weighted by atomic mass is 9.74. The van der Waals surface area contributed by atoms with E-state index in [1.807, 2.05) is 13.8 Å². The number of carbonyl (C=O) groups excluding carboxylic acids is 2. The van der Waals surface area contributed by atoms with Gasteiger partial charge >= 0.3 is 0 Å². The van der Waals surface area contributed by atoms with Crippen LogP contribution >= 0.6 is 0 Å². The Morgan fingerprint density at radius 3 is 2.14 bits per heavy atom. The van der Waals surface area contributed by atoms with Crippen LogP contribution in [0.4, 0.5) is 0 Å². The summed E-state index contributed by atoms with van der Waals surface area (Å²) in [5.41, 5.74) is -0.672. The Labute approximate surface area is 86.1 Å². The van der Waals surface area contributed by atoms with Crippen LogP contribution in [0.5, 0.6) is 0 Å². The van der Waals surface area contributed by atoms with E-state index in [4.69, 9.17) is 0 Å². The molecule has 2 heteroatoms. The summed E-state index contributed by atoms with van der Waals surface area (Å²) in [4.78, 5) is 23.2. The Hall–Kier alpha value is -0.660. The van der Waals surface area contributed by atoms with Crippen molar-refractivity contribution in [2.24, 2.45) is 23.2 Å². The van der Waals surface area contributed by atoms with Crippen molar-refractivity contribution in [1.82, 2.24) is 0 Å². The Kier molecular flexibility index (Phi) is 3.13. The lowest BCUT2D eigenvalue weighted by molar-refractivity contribution is -0.137. The summed E-state index contributed by atoms with van der Waals surface area (Å²) in [7, 11) is 0. The van der Waals surface area contributed by atoms with Gasteiger partial charge in [-0.25, -0.2) is 0 Å². The lowest BCUT2D eigenvalue weighted by Crippen LogP contribution is -2.36. The molecule has 80 valence electrons. The molecule has 2 unspecified atom stereocenters. The summed E-state index contributed by atoms with van der Waals surface area (Å²) < 4.78 is 0. The van der Waals surface area contributed by atoms with Crippen LogP contribution in [0.25, 0.3) is 0 Å². The number of hydrogen-bond acceptors (Lipinski definition) is 2. The van der Waals surface area contributed by atoms with Crippen molar-refractivity contribution in [1.29, 1.82) is 0 Å². The maximum Gasteiger partial charge on any atom is 0.149 e. The number of rotatable bonds is 3. The summed E-state index contributed by atoms with van der Waals surface area (Å²) in [6, 6.07) is 0. The molecule has 14 heavy (non-hydrogen) atoms. The zero-order valence-corrected chi connectivity index (χ0v) is 9.54. The Balaban J connectivity index is 2.95. The molecule has 1 fully saturated rings. The number of carbonyl (C=O) groups is 2. The van der Waals surface area contributed by atoms with E-state index in [0.29, 0.717) is 5.92 Å². The molecule has 2 nitrogen and oxygen atoms in total. The van der Waals surface area contributed by atoms with Gasteiger partial charge in [0.05, 0.1) is 5.41 Å². The van der Waals surface area contributed by atoms with Crippen molar-refractivity contribution in [2.75, 3.05) is 0 Å². The summed E-state index contributed by atoms with van der Waals surface area (Å²) in [6.45, 7) is 8.05. The Morgan fingerprint density at radius 1 is 1.36 bits per heavy atom. The van der Waals surface area contributed by atoms with Crippen molar-refractivity contribution in [2.45, 2.75) is 40.5 Å². The summed E-state index contributed by atoms with van der Waals surface area (Å²) in [6.07, 6.45) is 2.52. The number of ketones is 1. The quantitative estimate of drug-likeness (QED) is 0.513. The molecule has 0 saturated heterocycles. The van der Waals surface area contributed by atoms with Crippen LogP contribution in [0, 0.1) is 23.2 Å². The normalized spacial score (nSPS) is 33.0. The van der Waals surface area contributed by atoms with Crippen LogP contribution in [-0.2, 0) is 9.59 Å². The van der Waals surface area contributed by atoms with Gasteiger partial charge in [0.2, 0.25) is 0 Å². The molecule has 0 aliphatic heterocycles. The van der Waals surface area contributed by atoms with Crippen molar-refractivity contribution in [3.63, 3.8) is 0 Å². The second-order valence-electron chi connectivity index (χ2n) is 5.07. The number of hydrogen-bond donors (Lipinski definition) is 0. The van der Waals surface area contributed by atoms with Crippen LogP contribution in [0.2, 0.25) is 0 Å². The highest BCUT2D eigenvalue weighted by atomic mass is 16.1. The first-order chi connectivity index (χ1) is 6.45. The first-order valence-electron chi connectivity index (χ1n) is 5.46. The molecule has 1 rings (SSSR count). The molecule has 0 bridgehead atoms. The fourth-order valence-corrected chi connectivity index (χ4v) is 2.46. The highest BCUT2D eigenvalue weighted by Crippen LogP contribution is 2.44. The van der Waals surface area contributed by atoms with Crippen LogP contribution in [0.3, 0.4) is 0 Å². The van der Waals surface area contributed by atoms with Crippen LogP contribution < -0.4 is 0 Å². The molecular formula is C12H20O2. The van der Waals surface area contributed by atoms with Crippen LogP contribution in [0.15, 0.2) is 0 Å². The van der Waals surface area contributed by atoms with E-state index < -0.39 is 5.41 Å². The topological polar surface area (TPSA) is 34.1 Å². The average Bonchev–Trinajstić information content (AvgIpc) is 2.43. The van der Waals surface area contributed by atoms with Crippen LogP contribution in [-0.4, -0.2) is 12.1 Å². The molecule has 1 aliphatic carbocycles. The maximum atomic E-state index is 12.1. The first kappa shape index (κ1) is 11.4. The van der Waals surface area contributed by atoms with E-state index in [1.54, 1.807) is 0 Å². The molecular weight excluding hydrogens is 176 g/mol. The molecule has 0 radical (unpaired) electrons. The van der Waals surface area contributed by atoms with Crippen molar-refractivity contribution in [3.05, 3.63) is 0 Å². The van der Waals surface area contributed by atoms with Crippen molar-refractivity contribution in [3.8, 4) is 0 Å². The first-order valence-corrected chi connectivity index (χ1v) is 5.46. The summed E-state index contributed by atoms with van der Waals surface area (Å²) in [5, 5.41) is 0. The van der Waals surface area contributed by atoms with Gasteiger partial charge in [-0.05, 0) is 24.7 Å². The van der Waals surface area contributed by atoms with E-state index in [9.17, 15) is 9.59 Å². The minimum atomic E-state index is -0.672. The SMILES string of the molecule is CC(C)C1CCC(C=O)(C(C)C)C1=O. The van der Waals surface area contributed by atoms with Gasteiger partial charge in [0, 0.05) is 5.92 Å². The van der Waals surface area contributed by atoms with Crippen LogP contribution in [0.1, 0.15) is 40.5 Å². The van der Waals surface area contributed by atoms with Crippen molar-refractivity contribution < 1.29 is 9.59 Å². The molecule has 0 N–H and O–H groups in total. The van der Waals surface area contributed by atoms with Gasteiger partial charge in [-0.3, -0.25) is 4.79 Å². The maximum absolute atomic E-state index is 12.1. The molecule has 0 aromatic heterocycles. The van der Waals surface area contributed by atoms with Gasteiger partial charge in [0.25, 0.3) is 0 Å². The lowest BCUT2D eigenvalue weighted by Gasteiger charge is -2.26. The van der Waals surface area contributed by atoms with Gasteiger partial charge in [0.15, 0.2) is 0 Å². The second-order valence-corrected chi connectivity index (χ2v) is 5.07. The van der Waals surface area contributed by atoms with Gasteiger partial charge < -0.3 is 4.79 Å². The highest BCUT2D eigenvalue weighted by Gasteiger charge is 2.50. The van der Waals surface area contributed by atoms with Gasteiger partial charge in [-0.2, -0.15) is 0 Å². The Bertz CT molecular complexity index is 243. The molecule has 1 aliphatic rings. The summed E-state index contributed by atoms with van der Waals surface area (Å²) in [5.74, 6) is 0.777. The third-order valence-electron chi connectivity index (χ3n) is 3.71. The van der Waals surface area contributed by atoms with E-state index in [0.717, 1.165) is 19.1 Å². The molecule has 0 spiro atoms. The van der Waals surface area contributed by atoms with Gasteiger partial charge in [-0.15, -0.1) is 0 Å². The average molecular weight is 196 g/mol. The zero-order valence-electron chi connectivity index (χ0n) is 9.54.